The molecule has 2 rings (SSSR count). The van der Waals surface area contributed by atoms with Gasteiger partial charge in [0.05, 0.1) is 24.7 Å². The van der Waals surface area contributed by atoms with Gasteiger partial charge in [0.1, 0.15) is 0 Å². The van der Waals surface area contributed by atoms with Crippen LogP contribution in [0.25, 0.3) is 0 Å². The molecule has 0 saturated carbocycles. The Morgan fingerprint density at radius 3 is 2.88 bits per heavy atom. The highest BCUT2D eigenvalue weighted by Crippen LogP contribution is 2.19. The third kappa shape index (κ3) is 2.62. The van der Waals surface area contributed by atoms with Gasteiger partial charge in [0, 0.05) is 44.2 Å². The number of anilines is 1. The summed E-state index contributed by atoms with van der Waals surface area (Å²) in [6.07, 6.45) is 7.27. The number of rotatable bonds is 4. The molecule has 0 atom stereocenters. The first-order valence-corrected chi connectivity index (χ1v) is 5.43. The van der Waals surface area contributed by atoms with Gasteiger partial charge in [-0.25, -0.2) is 0 Å². The summed E-state index contributed by atoms with van der Waals surface area (Å²) in [6.45, 7) is 0.766. The summed E-state index contributed by atoms with van der Waals surface area (Å²) >= 11 is 0. The van der Waals surface area contributed by atoms with E-state index in [-0.39, 0.29) is 6.61 Å². The second-order valence-electron chi connectivity index (χ2n) is 4.04. The molecule has 0 amide bonds. The van der Waals surface area contributed by atoms with Crippen molar-refractivity contribution in [1.29, 1.82) is 0 Å². The molecule has 5 heteroatoms. The van der Waals surface area contributed by atoms with Crippen molar-refractivity contribution < 1.29 is 5.11 Å². The Morgan fingerprint density at radius 2 is 2.24 bits per heavy atom. The average molecular weight is 232 g/mol. The average Bonchev–Trinajstić information content (AvgIpc) is 2.74. The predicted octanol–water partition coefficient (Wildman–Crippen LogP) is 0.944. The number of aromatic nitrogens is 3. The normalized spacial score (nSPS) is 10.5. The number of nitrogens with zero attached hydrogens (tertiary/aromatic N) is 4. The van der Waals surface area contributed by atoms with Crippen LogP contribution in [0.5, 0.6) is 0 Å². The van der Waals surface area contributed by atoms with Gasteiger partial charge in [0.25, 0.3) is 0 Å². The topological polar surface area (TPSA) is 54.2 Å². The van der Waals surface area contributed by atoms with Crippen LogP contribution in [0.4, 0.5) is 5.69 Å². The third-order valence-electron chi connectivity index (χ3n) is 2.65. The number of hydrogen-bond acceptors (Lipinski definition) is 4. The van der Waals surface area contributed by atoms with E-state index in [1.807, 2.05) is 32.6 Å². The lowest BCUT2D eigenvalue weighted by molar-refractivity contribution is 0.282. The van der Waals surface area contributed by atoms with E-state index in [9.17, 15) is 5.11 Å². The molecular formula is C12H16N4O. The van der Waals surface area contributed by atoms with Crippen LogP contribution in [0.2, 0.25) is 0 Å². The quantitative estimate of drug-likeness (QED) is 0.852. The zero-order valence-corrected chi connectivity index (χ0v) is 10.0. The van der Waals surface area contributed by atoms with Gasteiger partial charge < -0.3 is 10.0 Å². The number of aryl methyl sites for hydroxylation is 1. The molecule has 0 spiro atoms. The minimum Gasteiger partial charge on any atom is -0.392 e. The Labute approximate surface area is 100 Å². The summed E-state index contributed by atoms with van der Waals surface area (Å²) in [7, 11) is 3.87. The molecule has 0 radical (unpaired) electrons. The molecule has 0 saturated heterocycles. The van der Waals surface area contributed by atoms with Crippen molar-refractivity contribution in [2.75, 3.05) is 11.9 Å². The van der Waals surface area contributed by atoms with E-state index >= 15 is 0 Å². The lowest BCUT2D eigenvalue weighted by Gasteiger charge is -2.20. The van der Waals surface area contributed by atoms with E-state index in [4.69, 9.17) is 0 Å². The van der Waals surface area contributed by atoms with Crippen LogP contribution in [0.1, 0.15) is 11.1 Å². The smallest absolute Gasteiger partial charge is 0.0703 e. The largest absolute Gasteiger partial charge is 0.392 e. The highest BCUT2D eigenvalue weighted by atomic mass is 16.3. The molecule has 2 aromatic heterocycles. The lowest BCUT2D eigenvalue weighted by Crippen LogP contribution is -2.18. The summed E-state index contributed by atoms with van der Waals surface area (Å²) in [5.74, 6) is 0. The minimum atomic E-state index is 0.0230. The van der Waals surface area contributed by atoms with Gasteiger partial charge in [0.2, 0.25) is 0 Å². The molecule has 0 fully saturated rings. The molecule has 0 aliphatic heterocycles. The molecule has 2 aromatic rings. The molecular weight excluding hydrogens is 216 g/mol. The fourth-order valence-electron chi connectivity index (χ4n) is 1.80. The van der Waals surface area contributed by atoms with E-state index in [2.05, 4.69) is 15.0 Å². The van der Waals surface area contributed by atoms with Crippen molar-refractivity contribution in [3.63, 3.8) is 0 Å². The first-order valence-electron chi connectivity index (χ1n) is 5.43. The molecule has 2 heterocycles. The Hall–Kier alpha value is -1.88. The zero-order chi connectivity index (χ0) is 12.3. The van der Waals surface area contributed by atoms with Gasteiger partial charge in [-0.15, -0.1) is 0 Å². The van der Waals surface area contributed by atoms with Crippen LogP contribution in [-0.4, -0.2) is 26.9 Å². The number of pyridine rings is 1. The van der Waals surface area contributed by atoms with Crippen molar-refractivity contribution in [3.8, 4) is 0 Å². The SMILES string of the molecule is CN(Cc1cnn(C)c1)c1cnccc1CO. The van der Waals surface area contributed by atoms with Gasteiger partial charge in [-0.3, -0.25) is 9.67 Å². The van der Waals surface area contributed by atoms with Crippen molar-refractivity contribution in [1.82, 2.24) is 14.8 Å². The molecule has 1 N–H and O–H groups in total. The van der Waals surface area contributed by atoms with E-state index in [1.54, 1.807) is 17.1 Å². The van der Waals surface area contributed by atoms with Crippen molar-refractivity contribution in [3.05, 3.63) is 42.0 Å². The molecule has 0 aromatic carbocycles. The Balaban J connectivity index is 2.16. The Bertz CT molecular complexity index is 495. The predicted molar refractivity (Wildman–Crippen MR) is 65.5 cm³/mol. The van der Waals surface area contributed by atoms with Gasteiger partial charge >= 0.3 is 0 Å². The summed E-state index contributed by atoms with van der Waals surface area (Å²) in [5.41, 5.74) is 2.95. The number of hydrogen-bond donors (Lipinski definition) is 1. The molecule has 5 nitrogen and oxygen atoms in total. The van der Waals surface area contributed by atoms with Gasteiger partial charge in [0.15, 0.2) is 0 Å². The van der Waals surface area contributed by atoms with Crippen LogP contribution in [0, 0.1) is 0 Å². The van der Waals surface area contributed by atoms with Crippen LogP contribution < -0.4 is 4.90 Å². The summed E-state index contributed by atoms with van der Waals surface area (Å²) in [4.78, 5) is 6.14. The van der Waals surface area contributed by atoms with Crippen molar-refractivity contribution in [2.45, 2.75) is 13.2 Å². The number of aliphatic hydroxyl groups excluding tert-OH is 1. The molecule has 0 unspecified atom stereocenters. The lowest BCUT2D eigenvalue weighted by atomic mass is 10.2. The van der Waals surface area contributed by atoms with E-state index in [0.717, 1.165) is 23.4 Å². The highest BCUT2D eigenvalue weighted by molar-refractivity contribution is 5.50. The molecule has 90 valence electrons. The van der Waals surface area contributed by atoms with Crippen LogP contribution in [-0.2, 0) is 20.2 Å². The second-order valence-corrected chi connectivity index (χ2v) is 4.04. The zero-order valence-electron chi connectivity index (χ0n) is 10.0. The van der Waals surface area contributed by atoms with Crippen LogP contribution >= 0.6 is 0 Å². The minimum absolute atomic E-state index is 0.0230. The first kappa shape index (κ1) is 11.6. The maximum absolute atomic E-state index is 9.27. The molecule has 0 bridgehead atoms. The van der Waals surface area contributed by atoms with Crippen LogP contribution in [0.15, 0.2) is 30.9 Å². The summed E-state index contributed by atoms with van der Waals surface area (Å²) in [6, 6.07) is 1.83. The van der Waals surface area contributed by atoms with Crippen molar-refractivity contribution in [2.24, 2.45) is 7.05 Å². The van der Waals surface area contributed by atoms with Gasteiger partial charge in [-0.1, -0.05) is 0 Å². The second kappa shape index (κ2) is 4.97. The molecule has 17 heavy (non-hydrogen) atoms. The Morgan fingerprint density at radius 1 is 1.41 bits per heavy atom. The fourth-order valence-corrected chi connectivity index (χ4v) is 1.80. The number of aliphatic hydroxyl groups is 1. The monoisotopic (exact) mass is 232 g/mol. The van der Waals surface area contributed by atoms with E-state index < -0.39 is 0 Å². The maximum atomic E-state index is 9.27. The van der Waals surface area contributed by atoms with Gasteiger partial charge in [-0.05, 0) is 6.07 Å². The van der Waals surface area contributed by atoms with Crippen molar-refractivity contribution >= 4 is 5.69 Å². The highest BCUT2D eigenvalue weighted by Gasteiger charge is 2.08. The van der Waals surface area contributed by atoms with E-state index in [1.165, 1.54) is 0 Å². The maximum Gasteiger partial charge on any atom is 0.0703 e. The molecule has 0 aliphatic carbocycles. The Kier molecular flexibility index (Phi) is 3.39. The summed E-state index contributed by atoms with van der Waals surface area (Å²) < 4.78 is 1.78. The third-order valence-corrected chi connectivity index (χ3v) is 2.65. The standard InChI is InChI=1S/C12H16N4O/c1-15(7-10-5-14-16(2)8-10)12-6-13-4-3-11(12)9-17/h3-6,8,17H,7,9H2,1-2H3. The molecule has 0 aliphatic rings. The van der Waals surface area contributed by atoms with Crippen LogP contribution in [0.3, 0.4) is 0 Å². The summed E-state index contributed by atoms with van der Waals surface area (Å²) in [5, 5.41) is 13.4. The van der Waals surface area contributed by atoms with Gasteiger partial charge in [-0.2, -0.15) is 5.10 Å². The fraction of sp³-hybridized carbons (Fsp3) is 0.333. The first-order chi connectivity index (χ1) is 8.20. The van der Waals surface area contributed by atoms with E-state index in [0.29, 0.717) is 0 Å².